The number of aromatic nitrogens is 4. The molecular formula is C21H34N6O6S. The molecule has 2 aromatic heterocycles. The number of likely N-dealkylation sites (N-methyl/N-ethyl adjacent to an activating group) is 1. The van der Waals surface area contributed by atoms with Crippen LogP contribution in [0.5, 0.6) is 0 Å². The fourth-order valence-corrected chi connectivity index (χ4v) is 5.56. The van der Waals surface area contributed by atoms with E-state index in [1.54, 1.807) is 36.5 Å². The van der Waals surface area contributed by atoms with E-state index in [4.69, 9.17) is 9.26 Å². The van der Waals surface area contributed by atoms with Gasteiger partial charge in [0.25, 0.3) is 0 Å². The highest BCUT2D eigenvalue weighted by atomic mass is 32.2. The minimum Gasteiger partial charge on any atom is -0.394 e. The normalized spacial score (nSPS) is 21.7. The predicted molar refractivity (Wildman–Crippen MR) is 121 cm³/mol. The van der Waals surface area contributed by atoms with Crippen LogP contribution in [0.1, 0.15) is 43.8 Å². The summed E-state index contributed by atoms with van der Waals surface area (Å²) in [7, 11) is -2.39. The summed E-state index contributed by atoms with van der Waals surface area (Å²) in [5, 5.41) is 21.5. The molecule has 0 unspecified atom stereocenters. The van der Waals surface area contributed by atoms with Gasteiger partial charge in [-0.05, 0) is 27.2 Å². The molecule has 0 spiro atoms. The van der Waals surface area contributed by atoms with E-state index in [1.807, 2.05) is 6.92 Å². The van der Waals surface area contributed by atoms with E-state index in [9.17, 15) is 18.3 Å². The molecule has 34 heavy (non-hydrogen) atoms. The lowest BCUT2D eigenvalue weighted by Gasteiger charge is -2.35. The first-order chi connectivity index (χ1) is 16.1. The molecule has 12 nitrogen and oxygen atoms in total. The second kappa shape index (κ2) is 10.9. The Kier molecular flexibility index (Phi) is 8.44. The molecule has 3 rings (SSSR count). The largest absolute Gasteiger partial charge is 0.394 e. The second-order valence-electron chi connectivity index (χ2n) is 8.90. The molecule has 0 fully saturated rings. The van der Waals surface area contributed by atoms with E-state index in [1.165, 1.54) is 11.4 Å². The minimum atomic E-state index is -3.88. The molecule has 3 heterocycles. The molecule has 1 aliphatic rings. The molecule has 1 N–H and O–H groups in total. The lowest BCUT2D eigenvalue weighted by Crippen LogP contribution is -2.48. The zero-order valence-corrected chi connectivity index (χ0v) is 21.2. The summed E-state index contributed by atoms with van der Waals surface area (Å²) in [6, 6.07) is -0.371. The number of aliphatic hydroxyl groups excluding tert-OH is 1. The Labute approximate surface area is 199 Å². The first-order valence-corrected chi connectivity index (χ1v) is 12.8. The van der Waals surface area contributed by atoms with Gasteiger partial charge in [-0.1, -0.05) is 17.3 Å². The van der Waals surface area contributed by atoms with Crippen LogP contribution in [-0.2, 0) is 32.7 Å². The number of nitrogens with zero attached hydrogens (tertiary/aromatic N) is 6. The van der Waals surface area contributed by atoms with Crippen molar-refractivity contribution in [3.8, 4) is 0 Å². The van der Waals surface area contributed by atoms with E-state index in [0.29, 0.717) is 31.6 Å². The number of carbonyl (C=O) groups excluding carboxylic acids is 1. The number of amides is 1. The number of fused-ring (bicyclic) bond motifs is 1. The van der Waals surface area contributed by atoms with Gasteiger partial charge in [-0.15, -0.1) is 5.10 Å². The molecular weight excluding hydrogens is 464 g/mol. The Balaban J connectivity index is 1.89. The Bertz CT molecular complexity index is 1060. The zero-order chi connectivity index (χ0) is 25.0. The van der Waals surface area contributed by atoms with Crippen LogP contribution in [0.4, 0.5) is 0 Å². The van der Waals surface area contributed by atoms with Crippen LogP contribution in [0.2, 0.25) is 0 Å². The van der Waals surface area contributed by atoms with Gasteiger partial charge in [-0.2, -0.15) is 4.31 Å². The maximum atomic E-state index is 13.3. The SMILES string of the molecule is Cc1noc(C)c1S(=O)(=O)N(C)C[C@H]1OCc2cnnn2CCCC(=O)N([C@@H](C)CO)C[C@H]1C. The lowest BCUT2D eigenvalue weighted by atomic mass is 10.0. The van der Waals surface area contributed by atoms with Gasteiger partial charge in [0.05, 0.1) is 37.3 Å². The third kappa shape index (κ3) is 5.65. The Hall–Kier alpha value is -2.35. The van der Waals surface area contributed by atoms with Crippen LogP contribution < -0.4 is 0 Å². The smallest absolute Gasteiger partial charge is 0.248 e. The summed E-state index contributed by atoms with van der Waals surface area (Å²) in [6.45, 7) is 7.74. The molecule has 13 heteroatoms. The fraction of sp³-hybridized carbons (Fsp3) is 0.714. The highest BCUT2D eigenvalue weighted by Gasteiger charge is 2.33. The van der Waals surface area contributed by atoms with Gasteiger partial charge >= 0.3 is 0 Å². The average molecular weight is 499 g/mol. The van der Waals surface area contributed by atoms with Gasteiger partial charge in [0, 0.05) is 39.0 Å². The van der Waals surface area contributed by atoms with Crippen molar-refractivity contribution < 1.29 is 27.6 Å². The number of aliphatic hydroxyl groups is 1. The third-order valence-electron chi connectivity index (χ3n) is 6.21. The van der Waals surface area contributed by atoms with Gasteiger partial charge in [0.15, 0.2) is 5.76 Å². The second-order valence-corrected chi connectivity index (χ2v) is 10.9. The molecule has 190 valence electrons. The topological polar surface area (TPSA) is 144 Å². The Morgan fingerprint density at radius 3 is 2.74 bits per heavy atom. The van der Waals surface area contributed by atoms with Crippen molar-refractivity contribution in [2.75, 3.05) is 26.7 Å². The van der Waals surface area contributed by atoms with Crippen molar-refractivity contribution in [2.24, 2.45) is 5.92 Å². The Morgan fingerprint density at radius 1 is 1.35 bits per heavy atom. The van der Waals surface area contributed by atoms with Crippen LogP contribution in [0, 0.1) is 19.8 Å². The van der Waals surface area contributed by atoms with Gasteiger partial charge < -0.3 is 19.3 Å². The highest BCUT2D eigenvalue weighted by molar-refractivity contribution is 7.89. The number of rotatable bonds is 6. The van der Waals surface area contributed by atoms with E-state index in [-0.39, 0.29) is 48.3 Å². The number of sulfonamides is 1. The summed E-state index contributed by atoms with van der Waals surface area (Å²) < 4.78 is 40.7. The van der Waals surface area contributed by atoms with E-state index in [2.05, 4.69) is 15.5 Å². The molecule has 0 bridgehead atoms. The summed E-state index contributed by atoms with van der Waals surface area (Å²) in [6.07, 6.45) is 1.95. The van der Waals surface area contributed by atoms with Crippen molar-refractivity contribution in [3.63, 3.8) is 0 Å². The lowest BCUT2D eigenvalue weighted by molar-refractivity contribution is -0.136. The maximum absolute atomic E-state index is 13.3. The van der Waals surface area contributed by atoms with Crippen LogP contribution in [-0.4, -0.2) is 87.7 Å². The molecule has 0 radical (unpaired) electrons. The number of hydrogen-bond acceptors (Lipinski definition) is 9. The predicted octanol–water partition coefficient (Wildman–Crippen LogP) is 0.728. The van der Waals surface area contributed by atoms with E-state index < -0.39 is 16.1 Å². The van der Waals surface area contributed by atoms with E-state index >= 15 is 0 Å². The number of carbonyl (C=O) groups is 1. The fourth-order valence-electron chi connectivity index (χ4n) is 4.10. The van der Waals surface area contributed by atoms with Crippen molar-refractivity contribution >= 4 is 15.9 Å². The van der Waals surface area contributed by atoms with Gasteiger partial charge in [-0.3, -0.25) is 4.79 Å². The molecule has 3 atom stereocenters. The monoisotopic (exact) mass is 498 g/mol. The summed E-state index contributed by atoms with van der Waals surface area (Å²) >= 11 is 0. The number of ether oxygens (including phenoxy) is 1. The molecule has 1 aliphatic heterocycles. The summed E-state index contributed by atoms with van der Waals surface area (Å²) in [5.74, 6) is -0.0874. The average Bonchev–Trinajstić information content (AvgIpc) is 3.38. The quantitative estimate of drug-likeness (QED) is 0.609. The van der Waals surface area contributed by atoms with Crippen molar-refractivity contribution in [3.05, 3.63) is 23.3 Å². The molecule has 1 amide bonds. The van der Waals surface area contributed by atoms with Crippen LogP contribution in [0.25, 0.3) is 0 Å². The van der Waals surface area contributed by atoms with Gasteiger partial charge in [0.1, 0.15) is 10.6 Å². The number of hydrogen-bond donors (Lipinski definition) is 1. The zero-order valence-electron chi connectivity index (χ0n) is 20.3. The van der Waals surface area contributed by atoms with E-state index in [0.717, 1.165) is 5.69 Å². The summed E-state index contributed by atoms with van der Waals surface area (Å²) in [5.41, 5.74) is 1.04. The Morgan fingerprint density at radius 2 is 2.09 bits per heavy atom. The van der Waals surface area contributed by atoms with Crippen LogP contribution >= 0.6 is 0 Å². The first-order valence-electron chi connectivity index (χ1n) is 11.3. The number of aryl methyl sites for hydroxylation is 3. The first kappa shape index (κ1) is 26.3. The van der Waals surface area contributed by atoms with Gasteiger partial charge in [-0.25, -0.2) is 13.1 Å². The van der Waals surface area contributed by atoms with Crippen LogP contribution in [0.15, 0.2) is 15.6 Å². The minimum absolute atomic E-state index is 0.0452. The summed E-state index contributed by atoms with van der Waals surface area (Å²) in [4.78, 5) is 14.6. The molecule has 0 aliphatic carbocycles. The van der Waals surface area contributed by atoms with Crippen LogP contribution in [0.3, 0.4) is 0 Å². The van der Waals surface area contributed by atoms with Crippen molar-refractivity contribution in [1.82, 2.24) is 29.4 Å². The van der Waals surface area contributed by atoms with Crippen molar-refractivity contribution in [1.29, 1.82) is 0 Å². The molecule has 0 saturated carbocycles. The maximum Gasteiger partial charge on any atom is 0.248 e. The molecule has 0 saturated heterocycles. The molecule has 0 aromatic carbocycles. The third-order valence-corrected chi connectivity index (χ3v) is 8.28. The van der Waals surface area contributed by atoms with Gasteiger partial charge in [0.2, 0.25) is 15.9 Å². The standard InChI is InChI=1S/C21H34N6O6S/c1-14-10-26(15(2)12-28)20(29)7-6-8-27-18(9-22-24-27)13-32-19(14)11-25(5)34(30,31)21-16(3)23-33-17(21)4/h9,14-15,19,28H,6-8,10-13H2,1-5H3/t14-,15+,19-/m1/s1. The van der Waals surface area contributed by atoms with Crippen molar-refractivity contribution in [2.45, 2.75) is 70.7 Å². The highest BCUT2D eigenvalue weighted by Crippen LogP contribution is 2.24. The molecule has 2 aromatic rings.